The molecule has 1 heterocycles. The normalized spacial score (nSPS) is 7.42. The SMILES string of the molecule is OCC#CC#Cc1ccccn1. The molecule has 1 rings (SSSR count). The van der Waals surface area contributed by atoms with E-state index < -0.39 is 0 Å². The average molecular weight is 157 g/mol. The molecular weight excluding hydrogens is 150 g/mol. The van der Waals surface area contributed by atoms with Crippen molar-refractivity contribution in [2.75, 3.05) is 6.61 Å². The number of rotatable bonds is 0. The molecule has 0 saturated heterocycles. The van der Waals surface area contributed by atoms with Gasteiger partial charge in [0.25, 0.3) is 0 Å². The molecule has 0 aliphatic carbocycles. The Bertz CT molecular complexity index is 348. The number of aliphatic hydroxyl groups is 1. The van der Waals surface area contributed by atoms with E-state index in [1.807, 2.05) is 12.1 Å². The Labute approximate surface area is 71.3 Å². The van der Waals surface area contributed by atoms with Gasteiger partial charge in [0.2, 0.25) is 0 Å². The molecule has 0 unspecified atom stereocenters. The van der Waals surface area contributed by atoms with E-state index in [-0.39, 0.29) is 6.61 Å². The molecular formula is C10H7NO. The topological polar surface area (TPSA) is 33.1 Å². The second-order valence-electron chi connectivity index (χ2n) is 1.92. The zero-order chi connectivity index (χ0) is 8.65. The van der Waals surface area contributed by atoms with Gasteiger partial charge < -0.3 is 5.11 Å². The molecule has 0 radical (unpaired) electrons. The van der Waals surface area contributed by atoms with Crippen molar-refractivity contribution in [3.63, 3.8) is 0 Å². The van der Waals surface area contributed by atoms with Crippen molar-refractivity contribution in [2.45, 2.75) is 0 Å². The van der Waals surface area contributed by atoms with Crippen LogP contribution in [0.1, 0.15) is 5.69 Å². The first kappa shape index (κ1) is 8.33. The summed E-state index contributed by atoms with van der Waals surface area (Å²) in [6, 6.07) is 5.48. The number of nitrogens with zero attached hydrogens (tertiary/aromatic N) is 1. The predicted molar refractivity (Wildman–Crippen MR) is 46.0 cm³/mol. The lowest BCUT2D eigenvalue weighted by Crippen LogP contribution is -1.77. The van der Waals surface area contributed by atoms with Crippen LogP contribution in [-0.4, -0.2) is 16.7 Å². The fourth-order valence-electron chi connectivity index (χ4n) is 0.616. The van der Waals surface area contributed by atoms with Gasteiger partial charge in [-0.15, -0.1) is 0 Å². The summed E-state index contributed by atoms with van der Waals surface area (Å²) in [5, 5.41) is 8.31. The third-order valence-electron chi connectivity index (χ3n) is 1.09. The summed E-state index contributed by atoms with van der Waals surface area (Å²) in [4.78, 5) is 3.97. The van der Waals surface area contributed by atoms with Crippen LogP contribution < -0.4 is 0 Å². The summed E-state index contributed by atoms with van der Waals surface area (Å²) in [5.41, 5.74) is 0.685. The van der Waals surface area contributed by atoms with Gasteiger partial charge in [-0.3, -0.25) is 0 Å². The van der Waals surface area contributed by atoms with Crippen LogP contribution in [0.4, 0.5) is 0 Å². The molecule has 58 valence electrons. The first-order valence-electron chi connectivity index (χ1n) is 3.44. The molecule has 0 fully saturated rings. The third kappa shape index (κ3) is 2.88. The molecule has 1 aromatic heterocycles. The van der Waals surface area contributed by atoms with E-state index >= 15 is 0 Å². The predicted octanol–water partition coefficient (Wildman–Crippen LogP) is 0.429. The fraction of sp³-hybridized carbons (Fsp3) is 0.100. The first-order valence-corrected chi connectivity index (χ1v) is 3.44. The van der Waals surface area contributed by atoms with E-state index in [9.17, 15) is 0 Å². The minimum absolute atomic E-state index is 0.156. The first-order chi connectivity index (χ1) is 5.93. The van der Waals surface area contributed by atoms with Gasteiger partial charge in [0.15, 0.2) is 0 Å². The molecule has 2 heteroatoms. The molecule has 0 amide bonds. The monoisotopic (exact) mass is 157 g/mol. The maximum absolute atomic E-state index is 8.31. The number of hydrogen-bond acceptors (Lipinski definition) is 2. The van der Waals surface area contributed by atoms with Crippen molar-refractivity contribution in [1.29, 1.82) is 0 Å². The van der Waals surface area contributed by atoms with Crippen molar-refractivity contribution in [3.05, 3.63) is 30.1 Å². The van der Waals surface area contributed by atoms with Crippen LogP contribution in [0.3, 0.4) is 0 Å². The lowest BCUT2D eigenvalue weighted by Gasteiger charge is -1.82. The number of pyridine rings is 1. The Hall–Kier alpha value is -1.77. The fourth-order valence-corrected chi connectivity index (χ4v) is 0.616. The minimum atomic E-state index is -0.156. The van der Waals surface area contributed by atoms with Crippen molar-refractivity contribution in [3.8, 4) is 23.7 Å². The highest BCUT2D eigenvalue weighted by atomic mass is 16.2. The zero-order valence-corrected chi connectivity index (χ0v) is 6.41. The lowest BCUT2D eigenvalue weighted by molar-refractivity contribution is 0.350. The van der Waals surface area contributed by atoms with Crippen LogP contribution in [0.5, 0.6) is 0 Å². The molecule has 0 saturated carbocycles. The van der Waals surface area contributed by atoms with Crippen LogP contribution >= 0.6 is 0 Å². The Morgan fingerprint density at radius 2 is 2.25 bits per heavy atom. The van der Waals surface area contributed by atoms with Crippen molar-refractivity contribution < 1.29 is 5.11 Å². The summed E-state index contributed by atoms with van der Waals surface area (Å²) in [6.07, 6.45) is 1.67. The maximum Gasteiger partial charge on any atom is 0.114 e. The highest BCUT2D eigenvalue weighted by molar-refractivity contribution is 5.35. The molecule has 12 heavy (non-hydrogen) atoms. The molecule has 0 aromatic carbocycles. The second kappa shape index (κ2) is 4.96. The summed E-state index contributed by atoms with van der Waals surface area (Å²) < 4.78 is 0. The molecule has 0 spiro atoms. The van der Waals surface area contributed by atoms with Gasteiger partial charge >= 0.3 is 0 Å². The van der Waals surface area contributed by atoms with Gasteiger partial charge in [-0.05, 0) is 29.9 Å². The molecule has 0 bridgehead atoms. The molecule has 0 atom stereocenters. The Balaban J connectivity index is 2.67. The molecule has 1 aromatic rings. The summed E-state index contributed by atoms with van der Waals surface area (Å²) >= 11 is 0. The van der Waals surface area contributed by atoms with E-state index in [1.165, 1.54) is 0 Å². The van der Waals surface area contributed by atoms with E-state index in [0.717, 1.165) is 0 Å². The van der Waals surface area contributed by atoms with Gasteiger partial charge in [-0.2, -0.15) is 0 Å². The standard InChI is InChI=1S/C10H7NO/c12-9-5-1-2-6-10-7-3-4-8-11-10/h3-4,7-8,12H,9H2. The summed E-state index contributed by atoms with van der Waals surface area (Å²) in [6.45, 7) is -0.156. The Morgan fingerprint density at radius 1 is 1.33 bits per heavy atom. The number of hydrogen-bond donors (Lipinski definition) is 1. The maximum atomic E-state index is 8.31. The minimum Gasteiger partial charge on any atom is -0.384 e. The van der Waals surface area contributed by atoms with Gasteiger partial charge in [-0.25, -0.2) is 4.98 Å². The van der Waals surface area contributed by atoms with Gasteiger partial charge in [0, 0.05) is 6.20 Å². The van der Waals surface area contributed by atoms with Gasteiger partial charge in [0.1, 0.15) is 12.3 Å². The largest absolute Gasteiger partial charge is 0.384 e. The zero-order valence-electron chi connectivity index (χ0n) is 6.41. The van der Waals surface area contributed by atoms with Crippen molar-refractivity contribution in [2.24, 2.45) is 0 Å². The van der Waals surface area contributed by atoms with Crippen LogP contribution in [-0.2, 0) is 0 Å². The van der Waals surface area contributed by atoms with Gasteiger partial charge in [0.05, 0.1) is 0 Å². The van der Waals surface area contributed by atoms with E-state index in [2.05, 4.69) is 28.7 Å². The average Bonchev–Trinajstić information content (AvgIpc) is 2.14. The smallest absolute Gasteiger partial charge is 0.114 e. The van der Waals surface area contributed by atoms with Gasteiger partial charge in [-0.1, -0.05) is 12.0 Å². The Morgan fingerprint density at radius 3 is 2.92 bits per heavy atom. The highest BCUT2D eigenvalue weighted by Gasteiger charge is 1.80. The number of aromatic nitrogens is 1. The quantitative estimate of drug-likeness (QED) is 0.554. The summed E-state index contributed by atoms with van der Waals surface area (Å²) in [5.74, 6) is 10.2. The van der Waals surface area contributed by atoms with E-state index in [4.69, 9.17) is 5.11 Å². The van der Waals surface area contributed by atoms with Crippen LogP contribution in [0.25, 0.3) is 0 Å². The van der Waals surface area contributed by atoms with Crippen LogP contribution in [0.15, 0.2) is 24.4 Å². The molecule has 0 aliphatic heterocycles. The van der Waals surface area contributed by atoms with Crippen molar-refractivity contribution in [1.82, 2.24) is 4.98 Å². The van der Waals surface area contributed by atoms with Crippen molar-refractivity contribution >= 4 is 0 Å². The Kier molecular flexibility index (Phi) is 3.44. The second-order valence-corrected chi connectivity index (χ2v) is 1.92. The van der Waals surface area contributed by atoms with E-state index in [1.54, 1.807) is 12.3 Å². The van der Waals surface area contributed by atoms with Crippen LogP contribution in [0.2, 0.25) is 0 Å². The van der Waals surface area contributed by atoms with E-state index in [0.29, 0.717) is 5.69 Å². The number of aliphatic hydroxyl groups excluding tert-OH is 1. The molecule has 0 aliphatic rings. The molecule has 1 N–H and O–H groups in total. The lowest BCUT2D eigenvalue weighted by atomic mass is 10.3. The highest BCUT2D eigenvalue weighted by Crippen LogP contribution is 1.88. The molecule has 2 nitrogen and oxygen atoms in total. The third-order valence-corrected chi connectivity index (χ3v) is 1.09. The van der Waals surface area contributed by atoms with Crippen LogP contribution in [0, 0.1) is 23.7 Å². The summed E-state index contributed by atoms with van der Waals surface area (Å²) in [7, 11) is 0.